The molecule has 2 aromatic carbocycles. The van der Waals surface area contributed by atoms with Crippen LogP contribution >= 0.6 is 23.2 Å². The molecule has 0 spiro atoms. The minimum atomic E-state index is -0.231. The smallest absolute Gasteiger partial charge is 0.249 e. The van der Waals surface area contributed by atoms with Gasteiger partial charge in [0.1, 0.15) is 5.65 Å². The second kappa shape index (κ2) is 6.48. The first-order valence-corrected chi connectivity index (χ1v) is 9.28. The number of hydrogen-bond donors (Lipinski definition) is 2. The maximum Gasteiger partial charge on any atom is 0.249 e. The first-order chi connectivity index (χ1) is 13.6. The summed E-state index contributed by atoms with van der Waals surface area (Å²) >= 11 is 13.3. The van der Waals surface area contributed by atoms with Crippen LogP contribution in [0.3, 0.4) is 0 Å². The van der Waals surface area contributed by atoms with E-state index < -0.39 is 0 Å². The minimum absolute atomic E-state index is 0.231. The summed E-state index contributed by atoms with van der Waals surface area (Å²) in [5, 5.41) is 9.54. The molecule has 0 saturated carbocycles. The number of halogens is 2. The highest BCUT2D eigenvalue weighted by Crippen LogP contribution is 2.41. The number of hydrogen-bond acceptors (Lipinski definition) is 3. The zero-order valence-corrected chi connectivity index (χ0v) is 15.8. The Labute approximate surface area is 169 Å². The van der Waals surface area contributed by atoms with Crippen molar-refractivity contribution >= 4 is 45.1 Å². The highest BCUT2D eigenvalue weighted by molar-refractivity contribution is 6.39. The Morgan fingerprint density at radius 3 is 2.57 bits per heavy atom. The Morgan fingerprint density at radius 2 is 1.75 bits per heavy atom. The lowest BCUT2D eigenvalue weighted by molar-refractivity contribution is 1.12. The zero-order valence-electron chi connectivity index (χ0n) is 14.3. The Bertz CT molecular complexity index is 1410. The average molecular weight is 407 g/mol. The third-order valence-electron chi connectivity index (χ3n) is 4.65. The molecule has 3 heterocycles. The molecule has 0 fully saturated rings. The number of H-pyrrole nitrogens is 2. The highest BCUT2D eigenvalue weighted by atomic mass is 35.5. The van der Waals surface area contributed by atoms with Gasteiger partial charge in [0.15, 0.2) is 0 Å². The molecule has 0 bridgehead atoms. The summed E-state index contributed by atoms with van der Waals surface area (Å²) in [7, 11) is 0. The van der Waals surface area contributed by atoms with Crippen LogP contribution in [0.15, 0.2) is 65.6 Å². The van der Waals surface area contributed by atoms with Crippen LogP contribution in [0.2, 0.25) is 10.0 Å². The van der Waals surface area contributed by atoms with Gasteiger partial charge in [-0.2, -0.15) is 5.10 Å². The summed E-state index contributed by atoms with van der Waals surface area (Å²) in [6.45, 7) is 0. The zero-order chi connectivity index (χ0) is 19.3. The van der Waals surface area contributed by atoms with E-state index in [9.17, 15) is 4.79 Å². The van der Waals surface area contributed by atoms with E-state index in [0.29, 0.717) is 26.8 Å². The van der Waals surface area contributed by atoms with Crippen molar-refractivity contribution in [2.75, 3.05) is 0 Å². The molecule has 0 aliphatic carbocycles. The molecule has 2 N–H and O–H groups in total. The molecule has 0 aliphatic heterocycles. The Balaban J connectivity index is 1.91. The topological polar surface area (TPSA) is 74.4 Å². The lowest BCUT2D eigenvalue weighted by Crippen LogP contribution is -2.05. The van der Waals surface area contributed by atoms with Crippen LogP contribution in [0.5, 0.6) is 0 Å². The van der Waals surface area contributed by atoms with Gasteiger partial charge in [0, 0.05) is 28.0 Å². The lowest BCUT2D eigenvalue weighted by Gasteiger charge is -2.14. The van der Waals surface area contributed by atoms with E-state index in [1.54, 1.807) is 12.3 Å². The molecule has 3 aromatic heterocycles. The molecule has 5 rings (SSSR count). The summed E-state index contributed by atoms with van der Waals surface area (Å²) in [6.07, 6.45) is 1.72. The van der Waals surface area contributed by atoms with Crippen molar-refractivity contribution in [2.24, 2.45) is 0 Å². The van der Waals surface area contributed by atoms with Crippen molar-refractivity contribution in [3.8, 4) is 22.4 Å². The fraction of sp³-hybridized carbons (Fsp3) is 0. The van der Waals surface area contributed by atoms with Crippen LogP contribution in [-0.4, -0.2) is 20.2 Å². The van der Waals surface area contributed by atoms with Crippen molar-refractivity contribution in [3.05, 3.63) is 81.2 Å². The monoisotopic (exact) mass is 406 g/mol. The Kier molecular flexibility index (Phi) is 3.93. The predicted molar refractivity (Wildman–Crippen MR) is 113 cm³/mol. The van der Waals surface area contributed by atoms with Crippen molar-refractivity contribution in [2.45, 2.75) is 0 Å². The molecule has 0 radical (unpaired) electrons. The van der Waals surface area contributed by atoms with Gasteiger partial charge in [-0.3, -0.25) is 9.89 Å². The number of nitrogens with one attached hydrogen (secondary N) is 2. The third-order valence-corrected chi connectivity index (χ3v) is 5.34. The second-order valence-electron chi connectivity index (χ2n) is 6.39. The van der Waals surface area contributed by atoms with Crippen molar-refractivity contribution in [3.63, 3.8) is 0 Å². The van der Waals surface area contributed by atoms with E-state index in [-0.39, 0.29) is 5.56 Å². The first kappa shape index (κ1) is 17.0. The number of aromatic nitrogens is 4. The maximum absolute atomic E-state index is 11.8. The van der Waals surface area contributed by atoms with Crippen molar-refractivity contribution < 1.29 is 0 Å². The van der Waals surface area contributed by atoms with Gasteiger partial charge in [-0.1, -0.05) is 53.5 Å². The predicted octanol–water partition coefficient (Wildman–Crippen LogP) is 5.44. The maximum atomic E-state index is 11.8. The van der Waals surface area contributed by atoms with E-state index in [0.717, 1.165) is 27.6 Å². The molecule has 0 atom stereocenters. The molecule has 0 aliphatic rings. The molecular weight excluding hydrogens is 395 g/mol. The molecule has 28 heavy (non-hydrogen) atoms. The summed E-state index contributed by atoms with van der Waals surface area (Å²) in [5.74, 6) is 0. The van der Waals surface area contributed by atoms with Gasteiger partial charge in [0.05, 0.1) is 27.5 Å². The number of aromatic amines is 2. The van der Waals surface area contributed by atoms with Crippen molar-refractivity contribution in [1.82, 2.24) is 20.2 Å². The molecular formula is C21H12Cl2N4O. The molecule has 0 amide bonds. The summed E-state index contributed by atoms with van der Waals surface area (Å²) in [6, 6.07) is 16.6. The molecule has 5 aromatic rings. The highest BCUT2D eigenvalue weighted by Gasteiger charge is 2.19. The molecule has 7 heteroatoms. The molecule has 5 nitrogen and oxygen atoms in total. The Morgan fingerprint density at radius 1 is 0.929 bits per heavy atom. The second-order valence-corrected chi connectivity index (χ2v) is 7.18. The van der Waals surface area contributed by atoms with Crippen LogP contribution in [0.1, 0.15) is 0 Å². The van der Waals surface area contributed by atoms with E-state index in [2.05, 4.69) is 15.2 Å². The number of fused-ring (bicyclic) bond motifs is 2. The van der Waals surface area contributed by atoms with Gasteiger partial charge < -0.3 is 4.98 Å². The van der Waals surface area contributed by atoms with Gasteiger partial charge in [-0.05, 0) is 23.8 Å². The van der Waals surface area contributed by atoms with E-state index in [1.807, 2.05) is 42.5 Å². The normalized spacial score (nSPS) is 11.4. The molecule has 136 valence electrons. The SMILES string of the molecule is O=c1ccc2c(Cl)c(-c3cc(Cl)c4[nH]ncc4c3)c(-c3ccccc3)nc2[nH]1. The van der Waals surface area contributed by atoms with Crippen LogP contribution in [-0.2, 0) is 0 Å². The van der Waals surface area contributed by atoms with Gasteiger partial charge in [-0.25, -0.2) is 4.98 Å². The van der Waals surface area contributed by atoms with Gasteiger partial charge in [-0.15, -0.1) is 0 Å². The minimum Gasteiger partial charge on any atom is -0.307 e. The standard InChI is InChI=1S/C21H12Cl2N4O/c22-15-9-12(8-13-10-24-27-19(13)15)17-18(23)14-6-7-16(28)25-21(14)26-20(17)11-4-2-1-3-5-11/h1-10H,(H,24,27)(H,25,26,28). The van der Waals surface area contributed by atoms with E-state index in [4.69, 9.17) is 28.2 Å². The van der Waals surface area contributed by atoms with E-state index >= 15 is 0 Å². The summed E-state index contributed by atoms with van der Waals surface area (Å²) < 4.78 is 0. The van der Waals surface area contributed by atoms with Crippen molar-refractivity contribution in [1.29, 1.82) is 0 Å². The average Bonchev–Trinajstić information content (AvgIpc) is 3.17. The summed E-state index contributed by atoms with van der Waals surface area (Å²) in [4.78, 5) is 19.3. The van der Waals surface area contributed by atoms with Gasteiger partial charge in [0.25, 0.3) is 0 Å². The van der Waals surface area contributed by atoms with Crippen LogP contribution in [0.25, 0.3) is 44.3 Å². The Hall–Kier alpha value is -3.15. The van der Waals surface area contributed by atoms with E-state index in [1.165, 1.54) is 6.07 Å². The number of pyridine rings is 2. The lowest BCUT2D eigenvalue weighted by atomic mass is 9.97. The largest absolute Gasteiger partial charge is 0.307 e. The fourth-order valence-corrected chi connectivity index (χ4v) is 3.98. The number of benzene rings is 2. The van der Waals surface area contributed by atoms with Gasteiger partial charge in [0.2, 0.25) is 5.56 Å². The third kappa shape index (κ3) is 2.68. The van der Waals surface area contributed by atoms with Gasteiger partial charge >= 0.3 is 0 Å². The van der Waals surface area contributed by atoms with Crippen LogP contribution < -0.4 is 5.56 Å². The number of rotatable bonds is 2. The fourth-order valence-electron chi connectivity index (χ4n) is 3.36. The molecule has 0 saturated heterocycles. The summed E-state index contributed by atoms with van der Waals surface area (Å²) in [5.41, 5.74) is 4.09. The molecule has 0 unspecified atom stereocenters. The number of nitrogens with zero attached hydrogens (tertiary/aromatic N) is 2. The van der Waals surface area contributed by atoms with Crippen LogP contribution in [0, 0.1) is 0 Å². The van der Waals surface area contributed by atoms with Crippen LogP contribution in [0.4, 0.5) is 0 Å². The quantitative estimate of drug-likeness (QED) is 0.409. The first-order valence-electron chi connectivity index (χ1n) is 8.53.